The van der Waals surface area contributed by atoms with E-state index in [0.29, 0.717) is 6.61 Å². The Hall–Kier alpha value is -4.20. The summed E-state index contributed by atoms with van der Waals surface area (Å²) in [5.74, 6) is 3.36. The number of furan rings is 1. The van der Waals surface area contributed by atoms with Gasteiger partial charge in [0.2, 0.25) is 0 Å². The van der Waals surface area contributed by atoms with Crippen LogP contribution in [0.3, 0.4) is 0 Å². The minimum absolute atomic E-state index is 0.536. The van der Waals surface area contributed by atoms with E-state index in [2.05, 4.69) is 70.4 Å². The molecule has 0 aliphatic carbocycles. The van der Waals surface area contributed by atoms with Crippen molar-refractivity contribution in [2.45, 2.75) is 20.1 Å². The number of anilines is 2. The van der Waals surface area contributed by atoms with Crippen LogP contribution in [-0.2, 0) is 13.2 Å². The number of hydrogen-bond acceptors (Lipinski definition) is 7. The van der Waals surface area contributed by atoms with Crippen molar-refractivity contribution >= 4 is 22.4 Å². The van der Waals surface area contributed by atoms with Gasteiger partial charge in [-0.15, -0.1) is 0 Å². The Kier molecular flexibility index (Phi) is 8.51. The van der Waals surface area contributed by atoms with E-state index in [-0.39, 0.29) is 0 Å². The van der Waals surface area contributed by atoms with Crippen molar-refractivity contribution in [3.63, 3.8) is 0 Å². The van der Waals surface area contributed by atoms with Crippen LogP contribution in [0.5, 0.6) is 5.75 Å². The third kappa shape index (κ3) is 7.02. The lowest BCUT2D eigenvalue weighted by atomic mass is 10.1. The van der Waals surface area contributed by atoms with Crippen molar-refractivity contribution in [1.29, 1.82) is 0 Å². The molecule has 7 heteroatoms. The van der Waals surface area contributed by atoms with Gasteiger partial charge in [0, 0.05) is 29.7 Å². The van der Waals surface area contributed by atoms with Crippen LogP contribution in [0.4, 0.5) is 11.5 Å². The second-order valence-electron chi connectivity index (χ2n) is 9.82. The van der Waals surface area contributed by atoms with Gasteiger partial charge in [-0.2, -0.15) is 0 Å². The summed E-state index contributed by atoms with van der Waals surface area (Å²) >= 11 is 0. The van der Waals surface area contributed by atoms with Crippen molar-refractivity contribution in [3.05, 3.63) is 103 Å². The number of hydrogen-bond donors (Lipinski definition) is 1. The van der Waals surface area contributed by atoms with Gasteiger partial charge in [0.15, 0.2) is 0 Å². The molecule has 0 saturated heterocycles. The lowest BCUT2D eigenvalue weighted by molar-refractivity contribution is 0.228. The highest BCUT2D eigenvalue weighted by molar-refractivity contribution is 5.93. The number of benzene rings is 3. The van der Waals surface area contributed by atoms with Crippen molar-refractivity contribution in [2.75, 3.05) is 39.0 Å². The highest BCUT2D eigenvalue weighted by Crippen LogP contribution is 2.30. The normalized spacial score (nSPS) is 11.4. The lowest BCUT2D eigenvalue weighted by Crippen LogP contribution is -2.31. The molecule has 0 saturated carbocycles. The fraction of sp³-hybridized carbons (Fsp3) is 0.250. The molecule has 3 aromatic carbocycles. The maximum absolute atomic E-state index is 6.25. The zero-order valence-corrected chi connectivity index (χ0v) is 22.8. The van der Waals surface area contributed by atoms with Gasteiger partial charge < -0.3 is 19.4 Å². The standard InChI is InChI=1S/C32H35N5O2/c1-4-37(19-18-36(2)3)21-28-15-17-31(39-28)25-10-16-30-29(20-25)32(34-23-33-30)35-26-11-13-27(14-12-26)38-22-24-8-6-5-7-9-24/h5-17,20,23H,4,18-19,21-22H2,1-3H3,(H,33,34,35). The number of likely N-dealkylation sites (N-methyl/N-ethyl adjacent to an activating group) is 2. The predicted octanol–water partition coefficient (Wildman–Crippen LogP) is 6.60. The van der Waals surface area contributed by atoms with Gasteiger partial charge in [-0.3, -0.25) is 4.90 Å². The topological polar surface area (TPSA) is 66.7 Å². The quantitative estimate of drug-likeness (QED) is 0.198. The molecule has 2 heterocycles. The van der Waals surface area contributed by atoms with Gasteiger partial charge in [0.1, 0.15) is 36.0 Å². The Morgan fingerprint density at radius 2 is 1.69 bits per heavy atom. The molecule has 0 aliphatic heterocycles. The molecule has 0 unspecified atom stereocenters. The van der Waals surface area contributed by atoms with Crippen molar-refractivity contribution in [1.82, 2.24) is 19.8 Å². The molecule has 5 aromatic rings. The number of nitrogens with one attached hydrogen (secondary N) is 1. The number of nitrogens with zero attached hydrogens (tertiary/aromatic N) is 4. The van der Waals surface area contributed by atoms with Gasteiger partial charge in [-0.1, -0.05) is 37.3 Å². The average molecular weight is 522 g/mol. The van der Waals surface area contributed by atoms with Gasteiger partial charge in [-0.25, -0.2) is 9.97 Å². The molecule has 0 atom stereocenters. The van der Waals surface area contributed by atoms with Crippen LogP contribution in [0.25, 0.3) is 22.2 Å². The highest BCUT2D eigenvalue weighted by atomic mass is 16.5. The summed E-state index contributed by atoms with van der Waals surface area (Å²) in [7, 11) is 4.20. The van der Waals surface area contributed by atoms with E-state index in [4.69, 9.17) is 9.15 Å². The minimum Gasteiger partial charge on any atom is -0.489 e. The maximum atomic E-state index is 6.25. The summed E-state index contributed by atoms with van der Waals surface area (Å²) in [5, 5.41) is 4.37. The number of rotatable bonds is 12. The molecule has 39 heavy (non-hydrogen) atoms. The summed E-state index contributed by atoms with van der Waals surface area (Å²) in [4.78, 5) is 13.6. The maximum Gasteiger partial charge on any atom is 0.141 e. The fourth-order valence-electron chi connectivity index (χ4n) is 4.35. The van der Waals surface area contributed by atoms with Crippen molar-refractivity contribution in [3.8, 4) is 17.1 Å². The SMILES string of the molecule is CCN(CCN(C)C)Cc1ccc(-c2ccc3ncnc(Nc4ccc(OCc5ccccc5)cc4)c3c2)o1. The van der Waals surface area contributed by atoms with Crippen LogP contribution in [0.2, 0.25) is 0 Å². The highest BCUT2D eigenvalue weighted by Gasteiger charge is 2.12. The Bertz CT molecular complexity index is 1480. The molecule has 1 N–H and O–H groups in total. The van der Waals surface area contributed by atoms with Crippen LogP contribution in [0.15, 0.2) is 95.7 Å². The van der Waals surface area contributed by atoms with Crippen LogP contribution in [-0.4, -0.2) is 53.5 Å². The Balaban J connectivity index is 1.29. The molecule has 200 valence electrons. The van der Waals surface area contributed by atoms with E-state index in [1.54, 1.807) is 6.33 Å². The zero-order chi connectivity index (χ0) is 27.0. The smallest absolute Gasteiger partial charge is 0.141 e. The Morgan fingerprint density at radius 1 is 0.872 bits per heavy atom. The number of ether oxygens (including phenoxy) is 1. The second kappa shape index (κ2) is 12.6. The summed E-state index contributed by atoms with van der Waals surface area (Å²) in [5.41, 5.74) is 3.92. The molecular weight excluding hydrogens is 486 g/mol. The summed E-state index contributed by atoms with van der Waals surface area (Å²) < 4.78 is 12.2. The van der Waals surface area contributed by atoms with Gasteiger partial charge in [0.25, 0.3) is 0 Å². The molecule has 0 radical (unpaired) electrons. The minimum atomic E-state index is 0.536. The van der Waals surface area contributed by atoms with E-state index in [1.165, 1.54) is 0 Å². The molecule has 0 aliphatic rings. The lowest BCUT2D eigenvalue weighted by Gasteiger charge is -2.21. The van der Waals surface area contributed by atoms with E-state index in [0.717, 1.165) is 77.0 Å². The second-order valence-corrected chi connectivity index (χ2v) is 9.82. The van der Waals surface area contributed by atoms with Gasteiger partial charge in [0.05, 0.1) is 12.1 Å². The molecule has 0 spiro atoms. The molecule has 0 amide bonds. The first kappa shape index (κ1) is 26.4. The van der Waals surface area contributed by atoms with Crippen LogP contribution < -0.4 is 10.1 Å². The monoisotopic (exact) mass is 521 g/mol. The first-order valence-electron chi connectivity index (χ1n) is 13.3. The third-order valence-electron chi connectivity index (χ3n) is 6.64. The van der Waals surface area contributed by atoms with Gasteiger partial charge >= 0.3 is 0 Å². The molecular formula is C32H35N5O2. The van der Waals surface area contributed by atoms with E-state index < -0.39 is 0 Å². The Morgan fingerprint density at radius 3 is 2.46 bits per heavy atom. The zero-order valence-electron chi connectivity index (χ0n) is 22.8. The largest absolute Gasteiger partial charge is 0.489 e. The fourth-order valence-corrected chi connectivity index (χ4v) is 4.35. The summed E-state index contributed by atoms with van der Waals surface area (Å²) in [6.45, 7) is 6.51. The first-order chi connectivity index (χ1) is 19.1. The molecule has 7 nitrogen and oxygen atoms in total. The van der Waals surface area contributed by atoms with E-state index >= 15 is 0 Å². The summed E-state index contributed by atoms with van der Waals surface area (Å²) in [6, 6.07) is 28.3. The van der Waals surface area contributed by atoms with E-state index in [9.17, 15) is 0 Å². The van der Waals surface area contributed by atoms with E-state index in [1.807, 2.05) is 60.7 Å². The summed E-state index contributed by atoms with van der Waals surface area (Å²) in [6.07, 6.45) is 1.58. The predicted molar refractivity (Wildman–Crippen MR) is 157 cm³/mol. The average Bonchev–Trinajstić information content (AvgIpc) is 3.44. The number of aromatic nitrogens is 2. The molecule has 0 fully saturated rings. The number of fused-ring (bicyclic) bond motifs is 1. The van der Waals surface area contributed by atoms with Crippen molar-refractivity contribution in [2.24, 2.45) is 0 Å². The Labute approximate surface area is 230 Å². The van der Waals surface area contributed by atoms with Crippen LogP contribution in [0.1, 0.15) is 18.2 Å². The van der Waals surface area contributed by atoms with Crippen LogP contribution >= 0.6 is 0 Å². The third-order valence-corrected chi connectivity index (χ3v) is 6.64. The first-order valence-corrected chi connectivity index (χ1v) is 13.3. The molecule has 5 rings (SSSR count). The van der Waals surface area contributed by atoms with Gasteiger partial charge in [-0.05, 0) is 80.8 Å². The molecule has 2 aromatic heterocycles. The van der Waals surface area contributed by atoms with Crippen LogP contribution in [0, 0.1) is 0 Å². The molecule has 0 bridgehead atoms. The van der Waals surface area contributed by atoms with Crippen molar-refractivity contribution < 1.29 is 9.15 Å².